The molecule has 2 heteroatoms. The quantitative estimate of drug-likeness (QED) is 0.646. The Labute approximate surface area is 156 Å². The monoisotopic (exact) mass is 345 g/mol. The summed E-state index contributed by atoms with van der Waals surface area (Å²) in [6, 6.07) is 25.8. The van der Waals surface area contributed by atoms with E-state index in [1.54, 1.807) is 0 Å². The molecule has 0 aliphatic rings. The first kappa shape index (κ1) is 18.4. The summed E-state index contributed by atoms with van der Waals surface area (Å²) in [6.07, 6.45) is 0. The average Bonchev–Trinajstić information content (AvgIpc) is 2.66. The van der Waals surface area contributed by atoms with Crippen LogP contribution < -0.4 is 5.73 Å². The van der Waals surface area contributed by atoms with Gasteiger partial charge in [0.1, 0.15) is 5.60 Å². The number of ether oxygens (including phenoxy) is 1. The Kier molecular flexibility index (Phi) is 5.55. The van der Waals surface area contributed by atoms with E-state index in [9.17, 15) is 0 Å². The van der Waals surface area contributed by atoms with Crippen LogP contribution in [0.2, 0.25) is 0 Å². The van der Waals surface area contributed by atoms with Crippen molar-refractivity contribution in [2.45, 2.75) is 26.4 Å². The highest BCUT2D eigenvalue weighted by molar-refractivity contribution is 5.49. The Hall–Kier alpha value is -2.42. The van der Waals surface area contributed by atoms with Gasteiger partial charge >= 0.3 is 0 Å². The Morgan fingerprint density at radius 1 is 0.615 bits per heavy atom. The number of benzene rings is 3. The van der Waals surface area contributed by atoms with Crippen molar-refractivity contribution >= 4 is 0 Å². The number of nitrogens with two attached hydrogens (primary N) is 1. The van der Waals surface area contributed by atoms with Gasteiger partial charge in [-0.05, 0) is 37.5 Å². The van der Waals surface area contributed by atoms with E-state index in [0.29, 0.717) is 13.2 Å². The van der Waals surface area contributed by atoms with Crippen LogP contribution in [-0.4, -0.2) is 13.2 Å². The van der Waals surface area contributed by atoms with Gasteiger partial charge in [-0.15, -0.1) is 0 Å². The number of hydrogen-bond donors (Lipinski definition) is 1. The van der Waals surface area contributed by atoms with Gasteiger partial charge in [0, 0.05) is 6.54 Å². The Morgan fingerprint density at radius 3 is 1.19 bits per heavy atom. The van der Waals surface area contributed by atoms with Crippen molar-refractivity contribution < 1.29 is 4.74 Å². The molecule has 0 aliphatic heterocycles. The highest BCUT2D eigenvalue weighted by atomic mass is 16.5. The SMILES string of the molecule is Cc1ccc(C(OCCN)(c2ccc(C)cc2)c2ccc(C)cc2)cc1. The summed E-state index contributed by atoms with van der Waals surface area (Å²) < 4.78 is 6.53. The van der Waals surface area contributed by atoms with Gasteiger partial charge in [-0.25, -0.2) is 0 Å². The molecule has 0 aromatic heterocycles. The average molecular weight is 345 g/mol. The Bertz CT molecular complexity index is 722. The van der Waals surface area contributed by atoms with Crippen molar-refractivity contribution in [3.8, 4) is 0 Å². The zero-order chi connectivity index (χ0) is 18.6. The lowest BCUT2D eigenvalue weighted by atomic mass is 9.79. The molecule has 0 unspecified atom stereocenters. The molecule has 0 spiro atoms. The van der Waals surface area contributed by atoms with E-state index < -0.39 is 5.60 Å². The Balaban J connectivity index is 2.27. The van der Waals surface area contributed by atoms with Gasteiger partial charge in [-0.2, -0.15) is 0 Å². The van der Waals surface area contributed by atoms with Gasteiger partial charge in [-0.3, -0.25) is 0 Å². The lowest BCUT2D eigenvalue weighted by molar-refractivity contribution is 0.0179. The maximum atomic E-state index is 6.53. The van der Waals surface area contributed by atoms with E-state index in [1.807, 2.05) is 0 Å². The molecule has 0 bridgehead atoms. The second-order valence-electron chi connectivity index (χ2n) is 6.92. The van der Waals surface area contributed by atoms with Crippen LogP contribution in [0.5, 0.6) is 0 Å². The second-order valence-corrected chi connectivity index (χ2v) is 6.92. The minimum Gasteiger partial charge on any atom is -0.360 e. The molecule has 0 aliphatic carbocycles. The lowest BCUT2D eigenvalue weighted by Gasteiger charge is -2.36. The van der Waals surface area contributed by atoms with Gasteiger partial charge in [-0.1, -0.05) is 89.5 Å². The van der Waals surface area contributed by atoms with Crippen molar-refractivity contribution in [3.63, 3.8) is 0 Å². The summed E-state index contributed by atoms with van der Waals surface area (Å²) in [7, 11) is 0. The minimum absolute atomic E-state index is 0.478. The largest absolute Gasteiger partial charge is 0.360 e. The van der Waals surface area contributed by atoms with E-state index in [1.165, 1.54) is 16.7 Å². The summed E-state index contributed by atoms with van der Waals surface area (Å²) in [5, 5.41) is 0. The van der Waals surface area contributed by atoms with Crippen molar-refractivity contribution in [1.29, 1.82) is 0 Å². The molecule has 134 valence electrons. The first-order chi connectivity index (χ1) is 12.6. The standard InChI is InChI=1S/C24H27NO/c1-18-4-10-21(11-5-18)24(26-17-16-25,22-12-6-19(2)7-13-22)23-14-8-20(3)9-15-23/h4-15H,16-17,25H2,1-3H3. The van der Waals surface area contributed by atoms with Crippen LogP contribution in [-0.2, 0) is 10.3 Å². The lowest BCUT2D eigenvalue weighted by Crippen LogP contribution is -2.34. The molecule has 2 nitrogen and oxygen atoms in total. The summed E-state index contributed by atoms with van der Waals surface area (Å²) >= 11 is 0. The third-order valence-corrected chi connectivity index (χ3v) is 4.81. The first-order valence-corrected chi connectivity index (χ1v) is 9.12. The van der Waals surface area contributed by atoms with E-state index in [2.05, 4.69) is 93.6 Å². The van der Waals surface area contributed by atoms with Gasteiger partial charge in [0.15, 0.2) is 0 Å². The van der Waals surface area contributed by atoms with E-state index >= 15 is 0 Å². The van der Waals surface area contributed by atoms with E-state index in [4.69, 9.17) is 10.5 Å². The molecule has 3 aromatic carbocycles. The van der Waals surface area contributed by atoms with Gasteiger partial charge in [0.2, 0.25) is 0 Å². The smallest absolute Gasteiger partial charge is 0.143 e. The van der Waals surface area contributed by atoms with Crippen LogP contribution in [0.15, 0.2) is 72.8 Å². The van der Waals surface area contributed by atoms with E-state index in [0.717, 1.165) is 16.7 Å². The highest BCUT2D eigenvalue weighted by Crippen LogP contribution is 2.40. The number of aryl methyl sites for hydroxylation is 3. The molecule has 0 atom stereocenters. The summed E-state index contributed by atoms with van der Waals surface area (Å²) in [5.41, 5.74) is 12.2. The predicted octanol–water partition coefficient (Wildman–Crippen LogP) is 4.88. The van der Waals surface area contributed by atoms with Crippen LogP contribution in [0.1, 0.15) is 33.4 Å². The van der Waals surface area contributed by atoms with Crippen LogP contribution in [0.4, 0.5) is 0 Å². The highest BCUT2D eigenvalue weighted by Gasteiger charge is 2.37. The van der Waals surface area contributed by atoms with Crippen LogP contribution in [0.25, 0.3) is 0 Å². The number of hydrogen-bond acceptors (Lipinski definition) is 2. The fourth-order valence-corrected chi connectivity index (χ4v) is 3.33. The van der Waals surface area contributed by atoms with Crippen LogP contribution in [0.3, 0.4) is 0 Å². The molecule has 0 heterocycles. The maximum absolute atomic E-state index is 6.53. The van der Waals surface area contributed by atoms with Crippen LogP contribution >= 0.6 is 0 Å². The zero-order valence-corrected chi connectivity index (χ0v) is 15.8. The fraction of sp³-hybridized carbons (Fsp3) is 0.250. The number of rotatable bonds is 6. The molecule has 0 saturated carbocycles. The molecule has 3 rings (SSSR count). The van der Waals surface area contributed by atoms with Crippen molar-refractivity contribution in [1.82, 2.24) is 0 Å². The van der Waals surface area contributed by atoms with E-state index in [-0.39, 0.29) is 0 Å². The predicted molar refractivity (Wildman–Crippen MR) is 108 cm³/mol. The molecule has 0 fully saturated rings. The first-order valence-electron chi connectivity index (χ1n) is 9.12. The minimum atomic E-state index is -0.672. The topological polar surface area (TPSA) is 35.2 Å². The van der Waals surface area contributed by atoms with Gasteiger partial charge in [0.25, 0.3) is 0 Å². The van der Waals surface area contributed by atoms with Crippen molar-refractivity contribution in [2.24, 2.45) is 5.73 Å². The Morgan fingerprint density at radius 2 is 0.923 bits per heavy atom. The summed E-state index contributed by atoms with van der Waals surface area (Å²) in [5.74, 6) is 0. The zero-order valence-electron chi connectivity index (χ0n) is 15.8. The summed E-state index contributed by atoms with van der Waals surface area (Å²) in [4.78, 5) is 0. The normalized spacial score (nSPS) is 11.5. The van der Waals surface area contributed by atoms with Crippen molar-refractivity contribution in [2.75, 3.05) is 13.2 Å². The molecule has 26 heavy (non-hydrogen) atoms. The van der Waals surface area contributed by atoms with Crippen molar-refractivity contribution in [3.05, 3.63) is 106 Å². The summed E-state index contributed by atoms with van der Waals surface area (Å²) in [6.45, 7) is 7.26. The fourth-order valence-electron chi connectivity index (χ4n) is 3.33. The van der Waals surface area contributed by atoms with Crippen LogP contribution in [0, 0.1) is 20.8 Å². The third kappa shape index (κ3) is 3.57. The molecule has 0 saturated heterocycles. The maximum Gasteiger partial charge on any atom is 0.143 e. The molecular weight excluding hydrogens is 318 g/mol. The molecule has 2 N–H and O–H groups in total. The molecule has 0 radical (unpaired) electrons. The van der Waals surface area contributed by atoms with Gasteiger partial charge in [0.05, 0.1) is 6.61 Å². The molecule has 3 aromatic rings. The molecular formula is C24H27NO. The van der Waals surface area contributed by atoms with Gasteiger partial charge < -0.3 is 10.5 Å². The second kappa shape index (κ2) is 7.86. The molecule has 0 amide bonds. The third-order valence-electron chi connectivity index (χ3n) is 4.81.